The van der Waals surface area contributed by atoms with Gasteiger partial charge in [0.25, 0.3) is 0 Å². The summed E-state index contributed by atoms with van der Waals surface area (Å²) in [7, 11) is 0. The molecule has 0 N–H and O–H groups in total. The predicted octanol–water partition coefficient (Wildman–Crippen LogP) is 4.07. The molecule has 0 aromatic carbocycles. The molecule has 1 rings (SSSR count). The van der Waals surface area contributed by atoms with Gasteiger partial charge in [-0.3, -0.25) is 0 Å². The zero-order valence-corrected chi connectivity index (χ0v) is 12.8. The number of amides is 1. The van der Waals surface area contributed by atoms with Gasteiger partial charge in [0.05, 0.1) is 0 Å². The molecule has 1 saturated heterocycles. The molecular formula is C15H29NO2. The monoisotopic (exact) mass is 255 g/mol. The van der Waals surface area contributed by atoms with Crippen LogP contribution >= 0.6 is 0 Å². The van der Waals surface area contributed by atoms with E-state index < -0.39 is 5.60 Å². The van der Waals surface area contributed by atoms with Crippen LogP contribution in [-0.2, 0) is 4.74 Å². The van der Waals surface area contributed by atoms with E-state index in [1.54, 1.807) is 0 Å². The highest BCUT2D eigenvalue weighted by Gasteiger charge is 2.37. The fourth-order valence-electron chi connectivity index (χ4n) is 2.59. The Labute approximate surface area is 112 Å². The third-order valence-corrected chi connectivity index (χ3v) is 3.64. The Balaban J connectivity index is 2.68. The fourth-order valence-corrected chi connectivity index (χ4v) is 2.59. The van der Waals surface area contributed by atoms with E-state index in [2.05, 4.69) is 20.8 Å². The maximum absolute atomic E-state index is 12.2. The Bertz CT molecular complexity index is 281. The highest BCUT2D eigenvalue weighted by atomic mass is 16.6. The van der Waals surface area contributed by atoms with Gasteiger partial charge in [0.1, 0.15) is 5.60 Å². The highest BCUT2D eigenvalue weighted by Crippen LogP contribution is 2.32. The summed E-state index contributed by atoms with van der Waals surface area (Å²) < 4.78 is 5.51. The molecule has 0 aromatic rings. The smallest absolute Gasteiger partial charge is 0.410 e. The lowest BCUT2D eigenvalue weighted by atomic mass is 9.92. The first-order valence-corrected chi connectivity index (χ1v) is 7.24. The van der Waals surface area contributed by atoms with E-state index in [0.717, 1.165) is 25.8 Å². The van der Waals surface area contributed by atoms with Gasteiger partial charge in [-0.25, -0.2) is 4.79 Å². The SMILES string of the molecule is CCCC1CC(C(C)C)CN1C(=O)OC(C)(C)C. The van der Waals surface area contributed by atoms with Crippen molar-refractivity contribution >= 4 is 6.09 Å². The van der Waals surface area contributed by atoms with Gasteiger partial charge in [0.2, 0.25) is 0 Å². The summed E-state index contributed by atoms with van der Waals surface area (Å²) in [6, 6.07) is 0.372. The van der Waals surface area contributed by atoms with Crippen molar-refractivity contribution in [1.29, 1.82) is 0 Å². The molecule has 1 aliphatic heterocycles. The van der Waals surface area contributed by atoms with Crippen molar-refractivity contribution in [3.8, 4) is 0 Å². The van der Waals surface area contributed by atoms with Gasteiger partial charge in [-0.1, -0.05) is 27.2 Å². The van der Waals surface area contributed by atoms with Gasteiger partial charge in [0.15, 0.2) is 0 Å². The van der Waals surface area contributed by atoms with Crippen molar-refractivity contribution in [1.82, 2.24) is 4.90 Å². The van der Waals surface area contributed by atoms with E-state index in [-0.39, 0.29) is 6.09 Å². The molecule has 3 nitrogen and oxygen atoms in total. The van der Waals surface area contributed by atoms with E-state index in [9.17, 15) is 4.79 Å². The third-order valence-electron chi connectivity index (χ3n) is 3.64. The van der Waals surface area contributed by atoms with Gasteiger partial charge in [-0.05, 0) is 45.4 Å². The quantitative estimate of drug-likeness (QED) is 0.761. The molecule has 0 radical (unpaired) electrons. The molecule has 2 atom stereocenters. The van der Waals surface area contributed by atoms with E-state index >= 15 is 0 Å². The zero-order chi connectivity index (χ0) is 13.9. The third kappa shape index (κ3) is 4.18. The van der Waals surface area contributed by atoms with Crippen LogP contribution in [0.25, 0.3) is 0 Å². The van der Waals surface area contributed by atoms with Crippen LogP contribution in [0.3, 0.4) is 0 Å². The Morgan fingerprint density at radius 3 is 2.44 bits per heavy atom. The first-order chi connectivity index (χ1) is 8.24. The van der Waals surface area contributed by atoms with Crippen LogP contribution < -0.4 is 0 Å². The van der Waals surface area contributed by atoms with Gasteiger partial charge in [0, 0.05) is 12.6 Å². The van der Waals surface area contributed by atoms with Crippen molar-refractivity contribution in [3.05, 3.63) is 0 Å². The molecule has 3 heteroatoms. The fraction of sp³-hybridized carbons (Fsp3) is 0.933. The van der Waals surface area contributed by atoms with Crippen molar-refractivity contribution in [2.24, 2.45) is 11.8 Å². The minimum Gasteiger partial charge on any atom is -0.444 e. The lowest BCUT2D eigenvalue weighted by Crippen LogP contribution is -2.40. The Hall–Kier alpha value is -0.730. The standard InChI is InChI=1S/C15H29NO2/c1-7-8-13-9-12(11(2)3)10-16(13)14(17)18-15(4,5)6/h11-13H,7-10H2,1-6H3. The number of rotatable bonds is 3. The van der Waals surface area contributed by atoms with Gasteiger partial charge in [-0.2, -0.15) is 0 Å². The lowest BCUT2D eigenvalue weighted by molar-refractivity contribution is 0.0213. The average molecular weight is 255 g/mol. The molecule has 2 unspecified atom stereocenters. The second-order valence-electron chi connectivity index (χ2n) is 6.82. The largest absolute Gasteiger partial charge is 0.444 e. The van der Waals surface area contributed by atoms with Gasteiger partial charge in [-0.15, -0.1) is 0 Å². The first-order valence-electron chi connectivity index (χ1n) is 7.24. The molecule has 1 amide bonds. The second-order valence-corrected chi connectivity index (χ2v) is 6.82. The molecule has 18 heavy (non-hydrogen) atoms. The van der Waals surface area contributed by atoms with Crippen molar-refractivity contribution in [3.63, 3.8) is 0 Å². The van der Waals surface area contributed by atoms with E-state index in [1.807, 2.05) is 25.7 Å². The number of carbonyl (C=O) groups excluding carboxylic acids is 1. The molecule has 1 heterocycles. The van der Waals surface area contributed by atoms with Crippen LogP contribution in [0.5, 0.6) is 0 Å². The molecule has 0 spiro atoms. The van der Waals surface area contributed by atoms with E-state index in [1.165, 1.54) is 0 Å². The maximum atomic E-state index is 12.2. The molecule has 0 aliphatic carbocycles. The molecule has 1 fully saturated rings. The van der Waals surface area contributed by atoms with Crippen molar-refractivity contribution < 1.29 is 9.53 Å². The van der Waals surface area contributed by atoms with Crippen LogP contribution in [0.4, 0.5) is 4.79 Å². The summed E-state index contributed by atoms with van der Waals surface area (Å²) in [4.78, 5) is 14.2. The van der Waals surface area contributed by atoms with Gasteiger partial charge >= 0.3 is 6.09 Å². The molecule has 0 saturated carbocycles. The summed E-state index contributed by atoms with van der Waals surface area (Å²) in [5.74, 6) is 1.26. The lowest BCUT2D eigenvalue weighted by Gasteiger charge is -2.28. The second kappa shape index (κ2) is 5.94. The van der Waals surface area contributed by atoms with Crippen LogP contribution in [0.2, 0.25) is 0 Å². The minimum absolute atomic E-state index is 0.135. The van der Waals surface area contributed by atoms with Gasteiger partial charge < -0.3 is 9.64 Å². The number of hydrogen-bond donors (Lipinski definition) is 0. The number of likely N-dealkylation sites (tertiary alicyclic amines) is 1. The number of nitrogens with zero attached hydrogens (tertiary/aromatic N) is 1. The Morgan fingerprint density at radius 2 is 2.00 bits per heavy atom. The molecule has 0 aromatic heterocycles. The summed E-state index contributed by atoms with van der Waals surface area (Å²) in [5, 5.41) is 0. The van der Waals surface area contributed by atoms with Crippen molar-refractivity contribution in [2.45, 2.75) is 72.4 Å². The first kappa shape index (κ1) is 15.3. The number of carbonyl (C=O) groups is 1. The molecule has 106 valence electrons. The number of ether oxygens (including phenoxy) is 1. The summed E-state index contributed by atoms with van der Waals surface area (Å²) in [6.07, 6.45) is 3.20. The minimum atomic E-state index is -0.399. The van der Waals surface area contributed by atoms with Crippen LogP contribution in [0.1, 0.15) is 60.8 Å². The predicted molar refractivity (Wildman–Crippen MR) is 74.6 cm³/mol. The Morgan fingerprint density at radius 1 is 1.39 bits per heavy atom. The van der Waals surface area contributed by atoms with Crippen LogP contribution in [0.15, 0.2) is 0 Å². The summed E-state index contributed by atoms with van der Waals surface area (Å²) in [5.41, 5.74) is -0.399. The van der Waals surface area contributed by atoms with Crippen LogP contribution in [-0.4, -0.2) is 29.2 Å². The Kier molecular flexibility index (Phi) is 5.06. The van der Waals surface area contributed by atoms with E-state index in [4.69, 9.17) is 4.74 Å². The number of hydrogen-bond acceptors (Lipinski definition) is 2. The highest BCUT2D eigenvalue weighted by molar-refractivity contribution is 5.69. The van der Waals surface area contributed by atoms with Crippen LogP contribution in [0, 0.1) is 11.8 Å². The molecule has 0 bridgehead atoms. The van der Waals surface area contributed by atoms with Crippen molar-refractivity contribution in [2.75, 3.05) is 6.54 Å². The topological polar surface area (TPSA) is 29.5 Å². The maximum Gasteiger partial charge on any atom is 0.410 e. The molecular weight excluding hydrogens is 226 g/mol. The normalized spacial score (nSPS) is 24.7. The zero-order valence-electron chi connectivity index (χ0n) is 12.8. The van der Waals surface area contributed by atoms with E-state index in [0.29, 0.717) is 17.9 Å². The average Bonchev–Trinajstić information content (AvgIpc) is 2.59. The summed E-state index contributed by atoms with van der Waals surface area (Å²) in [6.45, 7) is 13.3. The summed E-state index contributed by atoms with van der Waals surface area (Å²) >= 11 is 0. The molecule has 1 aliphatic rings.